The molecule has 0 bridgehead atoms. The average molecular weight is 246 g/mol. The minimum Gasteiger partial charge on any atom is -0.478 e. The Morgan fingerprint density at radius 1 is 1.62 bits per heavy atom. The van der Waals surface area contributed by atoms with Gasteiger partial charge in [0.2, 0.25) is 0 Å². The zero-order valence-electron chi connectivity index (χ0n) is 6.66. The maximum Gasteiger partial charge on any atom is 0.335 e. The van der Waals surface area contributed by atoms with Crippen LogP contribution in [0.25, 0.3) is 0 Å². The summed E-state index contributed by atoms with van der Waals surface area (Å²) in [7, 11) is 0. The number of carboxylic acid groups (broad SMARTS) is 1. The van der Waals surface area contributed by atoms with Crippen molar-refractivity contribution >= 4 is 21.9 Å². The van der Waals surface area contributed by atoms with Crippen LogP contribution in [0.5, 0.6) is 0 Å². The highest BCUT2D eigenvalue weighted by molar-refractivity contribution is 9.10. The molecule has 0 radical (unpaired) electrons. The first kappa shape index (κ1) is 10.2. The van der Waals surface area contributed by atoms with Gasteiger partial charge in [0.25, 0.3) is 0 Å². The van der Waals surface area contributed by atoms with E-state index >= 15 is 0 Å². The molecular formula is C8H8BrNO3. The Labute approximate surface area is 83.4 Å². The number of aromatic carboxylic acids is 1. The van der Waals surface area contributed by atoms with E-state index in [1.54, 1.807) is 6.07 Å². The highest BCUT2D eigenvalue weighted by atomic mass is 79.9. The van der Waals surface area contributed by atoms with Gasteiger partial charge in [-0.15, -0.1) is 0 Å². The minimum absolute atomic E-state index is 0.229. The van der Waals surface area contributed by atoms with Gasteiger partial charge < -0.3 is 5.11 Å². The van der Waals surface area contributed by atoms with Crippen molar-refractivity contribution in [1.29, 1.82) is 0 Å². The second-order valence-corrected chi connectivity index (χ2v) is 3.28. The summed E-state index contributed by atoms with van der Waals surface area (Å²) >= 11 is 3.22. The number of nitrogens with two attached hydrogens (primary N) is 1. The van der Waals surface area contributed by atoms with Crippen molar-refractivity contribution in [2.45, 2.75) is 6.61 Å². The first-order valence-electron chi connectivity index (χ1n) is 3.48. The van der Waals surface area contributed by atoms with E-state index in [9.17, 15) is 4.79 Å². The van der Waals surface area contributed by atoms with Crippen LogP contribution < -0.4 is 5.90 Å². The van der Waals surface area contributed by atoms with Gasteiger partial charge in [0, 0.05) is 4.47 Å². The molecule has 0 amide bonds. The van der Waals surface area contributed by atoms with Crippen LogP contribution >= 0.6 is 15.9 Å². The molecule has 5 heteroatoms. The highest BCUT2D eigenvalue weighted by Crippen LogP contribution is 2.19. The normalized spacial score (nSPS) is 10.0. The predicted octanol–water partition coefficient (Wildman–Crippen LogP) is 1.54. The van der Waals surface area contributed by atoms with Gasteiger partial charge >= 0.3 is 5.97 Å². The fraction of sp³-hybridized carbons (Fsp3) is 0.125. The van der Waals surface area contributed by atoms with Crippen LogP contribution in [0.1, 0.15) is 15.9 Å². The molecule has 0 heterocycles. The van der Waals surface area contributed by atoms with Crippen LogP contribution in [-0.4, -0.2) is 11.1 Å². The van der Waals surface area contributed by atoms with Crippen molar-refractivity contribution in [2.24, 2.45) is 5.90 Å². The number of halogens is 1. The van der Waals surface area contributed by atoms with Crippen molar-refractivity contribution < 1.29 is 14.7 Å². The van der Waals surface area contributed by atoms with Gasteiger partial charge in [0.15, 0.2) is 0 Å². The molecule has 0 aliphatic rings. The lowest BCUT2D eigenvalue weighted by atomic mass is 10.1. The standard InChI is InChI=1S/C8H8BrNO3/c9-7-3-5(8(11)12)1-2-6(7)4-13-10/h1-3H,4,10H2,(H,11,12). The lowest BCUT2D eigenvalue weighted by Crippen LogP contribution is -2.01. The van der Waals surface area contributed by atoms with Crippen molar-refractivity contribution in [1.82, 2.24) is 0 Å². The lowest BCUT2D eigenvalue weighted by molar-refractivity contribution is 0.0696. The predicted molar refractivity (Wildman–Crippen MR) is 50.1 cm³/mol. The minimum atomic E-state index is -0.957. The molecule has 3 N–H and O–H groups in total. The fourth-order valence-corrected chi connectivity index (χ4v) is 1.38. The van der Waals surface area contributed by atoms with Crippen LogP contribution in [0.2, 0.25) is 0 Å². The van der Waals surface area contributed by atoms with Crippen LogP contribution in [0.3, 0.4) is 0 Å². The van der Waals surface area contributed by atoms with Gasteiger partial charge in [0.1, 0.15) is 0 Å². The highest BCUT2D eigenvalue weighted by Gasteiger charge is 2.05. The largest absolute Gasteiger partial charge is 0.478 e. The molecule has 0 aliphatic heterocycles. The Morgan fingerprint density at radius 2 is 2.31 bits per heavy atom. The Morgan fingerprint density at radius 3 is 2.77 bits per heavy atom. The molecular weight excluding hydrogens is 238 g/mol. The molecule has 0 unspecified atom stereocenters. The van der Waals surface area contributed by atoms with E-state index in [0.29, 0.717) is 4.47 Å². The Hall–Kier alpha value is -0.910. The summed E-state index contributed by atoms with van der Waals surface area (Å²) in [4.78, 5) is 15.0. The quantitative estimate of drug-likeness (QED) is 0.793. The van der Waals surface area contributed by atoms with E-state index in [-0.39, 0.29) is 12.2 Å². The summed E-state index contributed by atoms with van der Waals surface area (Å²) in [5.41, 5.74) is 1.04. The second kappa shape index (κ2) is 4.36. The fourth-order valence-electron chi connectivity index (χ4n) is 0.887. The molecule has 0 spiro atoms. The number of hydrogen-bond donors (Lipinski definition) is 2. The topological polar surface area (TPSA) is 72.5 Å². The summed E-state index contributed by atoms with van der Waals surface area (Å²) in [5, 5.41) is 8.65. The molecule has 1 aromatic rings. The maximum atomic E-state index is 10.5. The van der Waals surface area contributed by atoms with Crippen molar-refractivity contribution in [3.63, 3.8) is 0 Å². The third-order valence-corrected chi connectivity index (χ3v) is 2.28. The number of benzene rings is 1. The first-order chi connectivity index (χ1) is 6.15. The first-order valence-corrected chi connectivity index (χ1v) is 4.28. The summed E-state index contributed by atoms with van der Waals surface area (Å²) in [6, 6.07) is 4.67. The smallest absolute Gasteiger partial charge is 0.335 e. The molecule has 0 atom stereocenters. The summed E-state index contributed by atoms with van der Waals surface area (Å²) in [6.07, 6.45) is 0. The number of carbonyl (C=O) groups is 1. The summed E-state index contributed by atoms with van der Waals surface area (Å²) in [5.74, 6) is 3.93. The third kappa shape index (κ3) is 2.51. The maximum absolute atomic E-state index is 10.5. The second-order valence-electron chi connectivity index (χ2n) is 2.42. The van der Waals surface area contributed by atoms with E-state index in [2.05, 4.69) is 20.8 Å². The molecule has 0 fully saturated rings. The molecule has 1 rings (SSSR count). The van der Waals surface area contributed by atoms with Gasteiger partial charge in [-0.2, -0.15) is 0 Å². The van der Waals surface area contributed by atoms with Crippen LogP contribution in [-0.2, 0) is 11.4 Å². The summed E-state index contributed by atoms with van der Waals surface area (Å²) < 4.78 is 0.679. The van der Waals surface area contributed by atoms with Crippen molar-refractivity contribution in [3.8, 4) is 0 Å². The van der Waals surface area contributed by atoms with Crippen LogP contribution in [0.4, 0.5) is 0 Å². The molecule has 1 aromatic carbocycles. The van der Waals surface area contributed by atoms with Gasteiger partial charge in [-0.25, -0.2) is 10.7 Å². The van der Waals surface area contributed by atoms with Crippen molar-refractivity contribution in [3.05, 3.63) is 33.8 Å². The number of hydrogen-bond acceptors (Lipinski definition) is 3. The average Bonchev–Trinajstić information content (AvgIpc) is 2.08. The van der Waals surface area contributed by atoms with E-state index < -0.39 is 5.97 Å². The SMILES string of the molecule is NOCc1ccc(C(=O)O)cc1Br. The van der Waals surface area contributed by atoms with E-state index in [4.69, 9.17) is 11.0 Å². The summed E-state index contributed by atoms with van der Waals surface area (Å²) in [6.45, 7) is 0.250. The molecule has 0 saturated heterocycles. The van der Waals surface area contributed by atoms with E-state index in [1.807, 2.05) is 0 Å². The monoisotopic (exact) mass is 245 g/mol. The van der Waals surface area contributed by atoms with Gasteiger partial charge in [-0.05, 0) is 17.7 Å². The van der Waals surface area contributed by atoms with Gasteiger partial charge in [-0.3, -0.25) is 4.84 Å². The molecule has 0 aromatic heterocycles. The zero-order valence-corrected chi connectivity index (χ0v) is 8.24. The zero-order chi connectivity index (χ0) is 9.84. The third-order valence-electron chi connectivity index (χ3n) is 1.54. The van der Waals surface area contributed by atoms with Gasteiger partial charge in [-0.1, -0.05) is 22.0 Å². The number of carboxylic acids is 1. The molecule has 0 saturated carbocycles. The molecule has 13 heavy (non-hydrogen) atoms. The van der Waals surface area contributed by atoms with E-state index in [0.717, 1.165) is 5.56 Å². The Bertz CT molecular complexity index is 327. The number of rotatable bonds is 3. The molecule has 70 valence electrons. The Balaban J connectivity index is 2.98. The lowest BCUT2D eigenvalue weighted by Gasteiger charge is -2.03. The van der Waals surface area contributed by atoms with Crippen molar-refractivity contribution in [2.75, 3.05) is 0 Å². The van der Waals surface area contributed by atoms with Crippen LogP contribution in [0.15, 0.2) is 22.7 Å². The van der Waals surface area contributed by atoms with Crippen LogP contribution in [0, 0.1) is 0 Å². The van der Waals surface area contributed by atoms with Gasteiger partial charge in [0.05, 0.1) is 12.2 Å². The molecule has 0 aliphatic carbocycles. The Kier molecular flexibility index (Phi) is 3.41. The molecule has 4 nitrogen and oxygen atoms in total. The van der Waals surface area contributed by atoms with E-state index in [1.165, 1.54) is 12.1 Å².